The molecule has 0 saturated carbocycles. The van der Waals surface area contributed by atoms with Gasteiger partial charge in [-0.25, -0.2) is 0 Å². The number of pyridine rings is 1. The molecule has 22 heavy (non-hydrogen) atoms. The minimum absolute atomic E-state index is 0.0449. The second-order valence-electron chi connectivity index (χ2n) is 4.72. The van der Waals surface area contributed by atoms with Gasteiger partial charge in [-0.3, -0.25) is 4.79 Å². The normalized spacial score (nSPS) is 11.5. The molecule has 0 N–H and O–H groups in total. The zero-order chi connectivity index (χ0) is 16.1. The third-order valence-electron chi connectivity index (χ3n) is 2.94. The second-order valence-corrected chi connectivity index (χ2v) is 4.72. The third kappa shape index (κ3) is 3.38. The molecule has 0 aliphatic carbocycles. The van der Waals surface area contributed by atoms with E-state index in [2.05, 4.69) is 4.98 Å². The number of ether oxygens (including phenoxy) is 1. The lowest BCUT2D eigenvalue weighted by Gasteiger charge is -2.21. The van der Waals surface area contributed by atoms with E-state index in [-0.39, 0.29) is 11.7 Å². The van der Waals surface area contributed by atoms with Crippen molar-refractivity contribution in [2.45, 2.75) is 6.10 Å². The molecule has 0 bridgehead atoms. The van der Waals surface area contributed by atoms with E-state index in [1.165, 1.54) is 23.2 Å². The third-order valence-corrected chi connectivity index (χ3v) is 2.94. The van der Waals surface area contributed by atoms with Gasteiger partial charge in [0.05, 0.1) is 0 Å². The van der Waals surface area contributed by atoms with Crippen LogP contribution in [0.2, 0.25) is 0 Å². The van der Waals surface area contributed by atoms with E-state index in [9.17, 15) is 14.9 Å². The Kier molecular flexibility index (Phi) is 4.67. The number of carbonyl (C=O) groups excluding carboxylic acids is 1. The van der Waals surface area contributed by atoms with E-state index in [0.29, 0.717) is 5.56 Å². The molecular formula is C15H15N3O4. The van der Waals surface area contributed by atoms with Crippen LogP contribution in [0.3, 0.4) is 0 Å². The van der Waals surface area contributed by atoms with Crippen LogP contribution < -0.4 is 4.74 Å². The highest BCUT2D eigenvalue weighted by molar-refractivity contribution is 5.82. The van der Waals surface area contributed by atoms with Crippen LogP contribution in [0, 0.1) is 10.1 Å². The molecule has 2 rings (SSSR count). The first-order valence-electron chi connectivity index (χ1n) is 6.53. The van der Waals surface area contributed by atoms with Gasteiger partial charge in [0.2, 0.25) is 11.9 Å². The van der Waals surface area contributed by atoms with Crippen molar-refractivity contribution in [3.8, 4) is 5.75 Å². The second kappa shape index (κ2) is 6.66. The number of hydrogen-bond donors (Lipinski definition) is 0. The average molecular weight is 301 g/mol. The van der Waals surface area contributed by atoms with Crippen LogP contribution in [0.25, 0.3) is 0 Å². The summed E-state index contributed by atoms with van der Waals surface area (Å²) in [5, 5.41) is 11.0. The van der Waals surface area contributed by atoms with Crippen molar-refractivity contribution in [1.82, 2.24) is 9.88 Å². The number of likely N-dealkylation sites (N-methyl/N-ethyl adjacent to an activating group) is 1. The molecule has 1 aromatic heterocycles. The molecule has 0 aliphatic rings. The SMILES string of the molecule is CN(C)C(=O)[C@@H](Oc1cccnc1[N+](=O)[O-])c1ccccc1. The van der Waals surface area contributed by atoms with Crippen molar-refractivity contribution >= 4 is 11.7 Å². The molecular weight excluding hydrogens is 286 g/mol. The van der Waals surface area contributed by atoms with Crippen molar-refractivity contribution in [2.75, 3.05) is 14.1 Å². The van der Waals surface area contributed by atoms with Crippen LogP contribution in [0.5, 0.6) is 5.75 Å². The highest BCUT2D eigenvalue weighted by atomic mass is 16.6. The van der Waals surface area contributed by atoms with Gasteiger partial charge in [0.1, 0.15) is 6.20 Å². The maximum absolute atomic E-state index is 12.3. The highest BCUT2D eigenvalue weighted by Crippen LogP contribution is 2.29. The van der Waals surface area contributed by atoms with Crippen molar-refractivity contribution < 1.29 is 14.5 Å². The number of hydrogen-bond acceptors (Lipinski definition) is 5. The van der Waals surface area contributed by atoms with Gasteiger partial charge in [-0.1, -0.05) is 30.3 Å². The fraction of sp³-hybridized carbons (Fsp3) is 0.200. The van der Waals surface area contributed by atoms with Gasteiger partial charge >= 0.3 is 5.82 Å². The maximum Gasteiger partial charge on any atom is 0.406 e. The van der Waals surface area contributed by atoms with Gasteiger partial charge in [-0.15, -0.1) is 0 Å². The van der Waals surface area contributed by atoms with E-state index < -0.39 is 16.8 Å². The summed E-state index contributed by atoms with van der Waals surface area (Å²) < 4.78 is 5.62. The lowest BCUT2D eigenvalue weighted by molar-refractivity contribution is -0.390. The Morgan fingerprint density at radius 1 is 1.23 bits per heavy atom. The van der Waals surface area contributed by atoms with Crippen molar-refractivity contribution in [2.24, 2.45) is 0 Å². The molecule has 1 amide bonds. The molecule has 0 unspecified atom stereocenters. The Balaban J connectivity index is 2.40. The van der Waals surface area contributed by atoms with Crippen LogP contribution in [0.15, 0.2) is 48.7 Å². The number of carbonyl (C=O) groups is 1. The van der Waals surface area contributed by atoms with Crippen LogP contribution in [0.4, 0.5) is 5.82 Å². The molecule has 2 aromatic rings. The summed E-state index contributed by atoms with van der Waals surface area (Å²) in [6, 6.07) is 11.8. The highest BCUT2D eigenvalue weighted by Gasteiger charge is 2.27. The molecule has 1 aromatic carbocycles. The molecule has 1 atom stereocenters. The number of nitrogens with zero attached hydrogens (tertiary/aromatic N) is 3. The van der Waals surface area contributed by atoms with Gasteiger partial charge < -0.3 is 19.8 Å². The molecule has 7 heteroatoms. The Hall–Kier alpha value is -2.96. The fourth-order valence-corrected chi connectivity index (χ4v) is 1.86. The van der Waals surface area contributed by atoms with Gasteiger partial charge in [-0.05, 0) is 22.0 Å². The minimum atomic E-state index is -0.973. The topological polar surface area (TPSA) is 85.6 Å². The summed E-state index contributed by atoms with van der Waals surface area (Å²) in [6.45, 7) is 0. The molecule has 0 spiro atoms. The van der Waals surface area contributed by atoms with Gasteiger partial charge in [0.15, 0.2) is 0 Å². The Bertz CT molecular complexity index is 673. The standard InChI is InChI=1S/C15H15N3O4/c1-17(2)15(19)13(11-7-4-3-5-8-11)22-12-9-6-10-16-14(12)18(20)21/h3-10,13H,1-2H3/t13-/m0/s1. The van der Waals surface area contributed by atoms with E-state index >= 15 is 0 Å². The minimum Gasteiger partial charge on any atom is -0.467 e. The van der Waals surface area contributed by atoms with Crippen LogP contribution >= 0.6 is 0 Å². The number of benzene rings is 1. The van der Waals surface area contributed by atoms with Crippen LogP contribution in [-0.2, 0) is 4.79 Å². The number of amides is 1. The van der Waals surface area contributed by atoms with E-state index in [0.717, 1.165) is 0 Å². The molecule has 7 nitrogen and oxygen atoms in total. The average Bonchev–Trinajstić information content (AvgIpc) is 2.53. The van der Waals surface area contributed by atoms with Gasteiger partial charge in [-0.2, -0.15) is 0 Å². The fourth-order valence-electron chi connectivity index (χ4n) is 1.86. The summed E-state index contributed by atoms with van der Waals surface area (Å²) in [4.78, 5) is 27.8. The molecule has 1 heterocycles. The smallest absolute Gasteiger partial charge is 0.406 e. The Labute approximate surface area is 127 Å². The largest absolute Gasteiger partial charge is 0.467 e. The molecule has 0 radical (unpaired) electrons. The summed E-state index contributed by atoms with van der Waals surface area (Å²) in [6.07, 6.45) is 0.329. The lowest BCUT2D eigenvalue weighted by atomic mass is 10.1. The quantitative estimate of drug-likeness (QED) is 0.624. The van der Waals surface area contributed by atoms with Gasteiger partial charge in [0, 0.05) is 19.7 Å². The van der Waals surface area contributed by atoms with E-state index in [4.69, 9.17) is 4.74 Å². The molecule has 0 saturated heterocycles. The molecule has 0 fully saturated rings. The number of rotatable bonds is 5. The van der Waals surface area contributed by atoms with Crippen molar-refractivity contribution in [3.63, 3.8) is 0 Å². The first-order chi connectivity index (χ1) is 10.5. The summed E-state index contributed by atoms with van der Waals surface area (Å²) >= 11 is 0. The van der Waals surface area contributed by atoms with E-state index in [1.807, 2.05) is 6.07 Å². The summed E-state index contributed by atoms with van der Waals surface area (Å²) in [5.41, 5.74) is 0.611. The van der Waals surface area contributed by atoms with E-state index in [1.54, 1.807) is 38.4 Å². The maximum atomic E-state index is 12.3. The molecule has 114 valence electrons. The van der Waals surface area contributed by atoms with Crippen LogP contribution in [0.1, 0.15) is 11.7 Å². The summed E-state index contributed by atoms with van der Waals surface area (Å²) in [7, 11) is 3.19. The predicted octanol–water partition coefficient (Wildman–Crippen LogP) is 2.20. The Morgan fingerprint density at radius 2 is 1.91 bits per heavy atom. The summed E-state index contributed by atoms with van der Waals surface area (Å²) in [5.74, 6) is -0.782. The van der Waals surface area contributed by atoms with Gasteiger partial charge in [0.25, 0.3) is 5.91 Å². The van der Waals surface area contributed by atoms with Crippen molar-refractivity contribution in [3.05, 3.63) is 64.3 Å². The first-order valence-corrected chi connectivity index (χ1v) is 6.53. The monoisotopic (exact) mass is 301 g/mol. The van der Waals surface area contributed by atoms with Crippen LogP contribution in [-0.4, -0.2) is 34.8 Å². The van der Waals surface area contributed by atoms with Crippen molar-refractivity contribution in [1.29, 1.82) is 0 Å². The number of aromatic nitrogens is 1. The zero-order valence-corrected chi connectivity index (χ0v) is 12.2. The number of nitro groups is 1. The molecule has 0 aliphatic heterocycles. The predicted molar refractivity (Wildman–Crippen MR) is 79.4 cm³/mol. The first kappa shape index (κ1) is 15.4. The lowest BCUT2D eigenvalue weighted by Crippen LogP contribution is -2.31. The Morgan fingerprint density at radius 3 is 2.50 bits per heavy atom. The zero-order valence-electron chi connectivity index (χ0n) is 12.2.